The van der Waals surface area contributed by atoms with Crippen molar-refractivity contribution in [2.75, 3.05) is 12.9 Å². The molecule has 110 valence electrons. The van der Waals surface area contributed by atoms with Crippen LogP contribution < -0.4 is 5.73 Å². The van der Waals surface area contributed by atoms with E-state index in [4.69, 9.17) is 19.9 Å². The van der Waals surface area contributed by atoms with Crippen molar-refractivity contribution in [1.82, 2.24) is 0 Å². The van der Waals surface area contributed by atoms with Crippen molar-refractivity contribution >= 4 is 11.8 Å². The fourth-order valence-electron chi connectivity index (χ4n) is 2.60. The second-order valence-electron chi connectivity index (χ2n) is 5.02. The highest BCUT2D eigenvalue weighted by atomic mass is 32.2. The second-order valence-corrected chi connectivity index (χ2v) is 5.96. The van der Waals surface area contributed by atoms with Crippen molar-refractivity contribution in [3.05, 3.63) is 35.9 Å². The SMILES string of the molecule is CSC1OC2COC(c3ccccc3)O[C@H]2[C@H](O)[C@@H]1N. The van der Waals surface area contributed by atoms with E-state index in [9.17, 15) is 5.11 Å². The topological polar surface area (TPSA) is 73.9 Å². The number of thioether (sulfide) groups is 1. The summed E-state index contributed by atoms with van der Waals surface area (Å²) in [4.78, 5) is 0. The van der Waals surface area contributed by atoms with Crippen molar-refractivity contribution in [3.8, 4) is 0 Å². The van der Waals surface area contributed by atoms with E-state index in [0.29, 0.717) is 6.61 Å². The third-order valence-electron chi connectivity index (χ3n) is 3.72. The fraction of sp³-hybridized carbons (Fsp3) is 0.571. The molecule has 2 aliphatic heterocycles. The van der Waals surface area contributed by atoms with Gasteiger partial charge in [0.05, 0.1) is 12.6 Å². The van der Waals surface area contributed by atoms with Gasteiger partial charge < -0.3 is 25.1 Å². The molecule has 0 radical (unpaired) electrons. The van der Waals surface area contributed by atoms with Gasteiger partial charge in [-0.1, -0.05) is 30.3 Å². The van der Waals surface area contributed by atoms with E-state index >= 15 is 0 Å². The van der Waals surface area contributed by atoms with E-state index in [-0.39, 0.29) is 11.5 Å². The van der Waals surface area contributed by atoms with Crippen LogP contribution in [0.2, 0.25) is 0 Å². The van der Waals surface area contributed by atoms with E-state index in [1.165, 1.54) is 11.8 Å². The lowest BCUT2D eigenvalue weighted by molar-refractivity contribution is -0.305. The molecule has 3 unspecified atom stereocenters. The number of hydrogen-bond donors (Lipinski definition) is 2. The highest BCUT2D eigenvalue weighted by Crippen LogP contribution is 2.35. The van der Waals surface area contributed by atoms with Gasteiger partial charge in [0, 0.05) is 5.56 Å². The van der Waals surface area contributed by atoms with E-state index in [1.807, 2.05) is 36.6 Å². The van der Waals surface area contributed by atoms with Crippen LogP contribution in [0.1, 0.15) is 11.9 Å². The van der Waals surface area contributed by atoms with Crippen LogP contribution in [0.25, 0.3) is 0 Å². The van der Waals surface area contributed by atoms with Crippen LogP contribution in [0.4, 0.5) is 0 Å². The van der Waals surface area contributed by atoms with Gasteiger partial charge in [0.2, 0.25) is 0 Å². The zero-order chi connectivity index (χ0) is 14.1. The maximum Gasteiger partial charge on any atom is 0.184 e. The molecule has 5 nitrogen and oxygen atoms in total. The number of nitrogens with two attached hydrogens (primary N) is 1. The number of hydrogen-bond acceptors (Lipinski definition) is 6. The minimum Gasteiger partial charge on any atom is -0.389 e. The predicted molar refractivity (Wildman–Crippen MR) is 76.2 cm³/mol. The minimum atomic E-state index is -0.749. The zero-order valence-electron chi connectivity index (χ0n) is 11.2. The fourth-order valence-corrected chi connectivity index (χ4v) is 3.33. The summed E-state index contributed by atoms with van der Waals surface area (Å²) in [5.41, 5.74) is 6.71. The summed E-state index contributed by atoms with van der Waals surface area (Å²) in [5, 5.41) is 10.3. The van der Waals surface area contributed by atoms with Gasteiger partial charge in [-0.3, -0.25) is 0 Å². The van der Waals surface area contributed by atoms with Crippen molar-refractivity contribution in [2.24, 2.45) is 5.73 Å². The van der Waals surface area contributed by atoms with Gasteiger partial charge in [0.25, 0.3) is 0 Å². The molecule has 3 N–H and O–H groups in total. The van der Waals surface area contributed by atoms with Gasteiger partial charge in [0.1, 0.15) is 23.7 Å². The molecule has 0 aromatic heterocycles. The minimum absolute atomic E-state index is 0.230. The molecule has 2 heterocycles. The zero-order valence-corrected chi connectivity index (χ0v) is 12.0. The summed E-state index contributed by atoms with van der Waals surface area (Å²) in [7, 11) is 0. The molecule has 2 aliphatic rings. The maximum absolute atomic E-state index is 10.3. The van der Waals surface area contributed by atoms with Crippen molar-refractivity contribution in [2.45, 2.75) is 36.1 Å². The monoisotopic (exact) mass is 297 g/mol. The highest BCUT2D eigenvalue weighted by Gasteiger charge is 2.47. The summed E-state index contributed by atoms with van der Waals surface area (Å²) in [6.45, 7) is 0.394. The van der Waals surface area contributed by atoms with Crippen LogP contribution in [-0.4, -0.2) is 47.8 Å². The summed E-state index contributed by atoms with van der Waals surface area (Å²) in [6.07, 6.45) is -0.0425. The van der Waals surface area contributed by atoms with Crippen LogP contribution in [0.3, 0.4) is 0 Å². The van der Waals surface area contributed by atoms with Gasteiger partial charge >= 0.3 is 0 Å². The highest BCUT2D eigenvalue weighted by molar-refractivity contribution is 7.99. The summed E-state index contributed by atoms with van der Waals surface area (Å²) in [6, 6.07) is 9.21. The lowest BCUT2D eigenvalue weighted by Crippen LogP contribution is -2.63. The Morgan fingerprint density at radius 3 is 2.70 bits per heavy atom. The largest absolute Gasteiger partial charge is 0.389 e. The average Bonchev–Trinajstić information content (AvgIpc) is 2.51. The first-order valence-electron chi connectivity index (χ1n) is 6.64. The molecular formula is C14H19NO4S. The third-order valence-corrected chi connectivity index (χ3v) is 4.61. The van der Waals surface area contributed by atoms with Crippen LogP contribution >= 0.6 is 11.8 Å². The Morgan fingerprint density at radius 1 is 1.25 bits per heavy atom. The van der Waals surface area contributed by atoms with Crippen LogP contribution in [0.15, 0.2) is 30.3 Å². The Labute approximate surface area is 122 Å². The van der Waals surface area contributed by atoms with Crippen molar-refractivity contribution < 1.29 is 19.3 Å². The molecule has 6 heteroatoms. The molecule has 2 saturated heterocycles. The summed E-state index contributed by atoms with van der Waals surface area (Å²) < 4.78 is 17.4. The maximum atomic E-state index is 10.3. The number of ether oxygens (including phenoxy) is 3. The van der Waals surface area contributed by atoms with Gasteiger partial charge in [0.15, 0.2) is 6.29 Å². The molecule has 2 fully saturated rings. The van der Waals surface area contributed by atoms with E-state index in [0.717, 1.165) is 5.56 Å². The molecule has 3 rings (SSSR count). The molecule has 0 aliphatic carbocycles. The van der Waals surface area contributed by atoms with Crippen molar-refractivity contribution in [3.63, 3.8) is 0 Å². The molecule has 1 aromatic rings. The molecule has 0 amide bonds. The van der Waals surface area contributed by atoms with E-state index in [1.54, 1.807) is 0 Å². The van der Waals surface area contributed by atoms with Crippen molar-refractivity contribution in [1.29, 1.82) is 0 Å². The standard InChI is InChI=1S/C14H19NO4S/c1-20-14-10(15)11(16)12-9(18-14)7-17-13(19-12)8-5-3-2-4-6-8/h2-6,9-14,16H,7,15H2,1H3/t9?,10-,11+,12+,13?,14?/m0/s1. The molecule has 0 bridgehead atoms. The van der Waals surface area contributed by atoms with Crippen LogP contribution in [0.5, 0.6) is 0 Å². The van der Waals surface area contributed by atoms with Crippen LogP contribution in [-0.2, 0) is 14.2 Å². The van der Waals surface area contributed by atoms with Crippen LogP contribution in [0, 0.1) is 0 Å². The molecule has 6 atom stereocenters. The van der Waals surface area contributed by atoms with Gasteiger partial charge in [-0.15, -0.1) is 11.8 Å². The molecule has 20 heavy (non-hydrogen) atoms. The normalized spacial score (nSPS) is 41.1. The van der Waals surface area contributed by atoms with E-state index < -0.39 is 24.5 Å². The van der Waals surface area contributed by atoms with E-state index in [2.05, 4.69) is 0 Å². The first kappa shape index (κ1) is 14.3. The Hall–Kier alpha value is -0.630. The molecule has 1 aromatic carbocycles. The number of fused-ring (bicyclic) bond motifs is 1. The Kier molecular flexibility index (Phi) is 4.30. The Bertz CT molecular complexity index is 444. The second kappa shape index (κ2) is 6.01. The third kappa shape index (κ3) is 2.59. The number of aliphatic hydroxyl groups excluding tert-OH is 1. The summed E-state index contributed by atoms with van der Waals surface area (Å²) in [5.74, 6) is 0. The quantitative estimate of drug-likeness (QED) is 0.844. The van der Waals surface area contributed by atoms with Gasteiger partial charge in [-0.2, -0.15) is 0 Å². The van der Waals surface area contributed by atoms with Gasteiger partial charge in [-0.05, 0) is 6.26 Å². The number of benzene rings is 1. The Morgan fingerprint density at radius 2 is 2.00 bits per heavy atom. The molecule has 0 spiro atoms. The lowest BCUT2D eigenvalue weighted by atomic mass is 9.97. The first-order valence-corrected chi connectivity index (χ1v) is 7.93. The Balaban J connectivity index is 1.74. The first-order chi connectivity index (χ1) is 9.70. The predicted octanol–water partition coefficient (Wildman–Crippen LogP) is 0.877. The molecule has 0 saturated carbocycles. The number of aliphatic hydroxyl groups is 1. The smallest absolute Gasteiger partial charge is 0.184 e. The molecular weight excluding hydrogens is 278 g/mol. The summed E-state index contributed by atoms with van der Waals surface area (Å²) >= 11 is 1.49. The average molecular weight is 297 g/mol. The number of rotatable bonds is 2. The lowest BCUT2D eigenvalue weighted by Gasteiger charge is -2.46. The van der Waals surface area contributed by atoms with Gasteiger partial charge in [-0.25, -0.2) is 0 Å².